The molecule has 0 radical (unpaired) electrons. The van der Waals surface area contributed by atoms with E-state index in [1.807, 2.05) is 10.7 Å². The number of nitrogens with zero attached hydrogens (tertiary/aromatic N) is 3. The second kappa shape index (κ2) is 8.23. The van der Waals surface area contributed by atoms with Gasteiger partial charge >= 0.3 is 0 Å². The predicted octanol–water partition coefficient (Wildman–Crippen LogP) is 3.00. The van der Waals surface area contributed by atoms with Crippen LogP contribution < -0.4 is 5.32 Å². The monoisotopic (exact) mass is 368 g/mol. The van der Waals surface area contributed by atoms with E-state index in [1.54, 1.807) is 6.20 Å². The molecule has 0 saturated carbocycles. The largest absolute Gasteiger partial charge is 0.381 e. The normalized spacial score (nSPS) is 21.4. The van der Waals surface area contributed by atoms with Crippen molar-refractivity contribution in [1.29, 1.82) is 0 Å². The minimum Gasteiger partial charge on any atom is -0.381 e. The summed E-state index contributed by atoms with van der Waals surface area (Å²) < 4.78 is 7.32. The molecule has 0 spiro atoms. The Morgan fingerprint density at radius 3 is 2.67 bits per heavy atom. The van der Waals surface area contributed by atoms with Gasteiger partial charge in [0.05, 0.1) is 24.8 Å². The average Bonchev–Trinajstić information content (AvgIpc) is 3.36. The molecule has 1 amide bonds. The first-order chi connectivity index (χ1) is 13.2. The zero-order valence-corrected chi connectivity index (χ0v) is 15.9. The molecule has 2 aliphatic heterocycles. The van der Waals surface area contributed by atoms with Crippen molar-refractivity contribution in [2.45, 2.75) is 38.8 Å². The van der Waals surface area contributed by atoms with E-state index < -0.39 is 0 Å². The molecule has 4 rings (SSSR count). The molecule has 27 heavy (non-hydrogen) atoms. The van der Waals surface area contributed by atoms with Crippen LogP contribution in [0.3, 0.4) is 0 Å². The number of ether oxygens (including phenoxy) is 1. The number of piperidine rings is 1. The standard InChI is InChI=1S/C21H28N4O2/c1-16-2-4-17(5-3-16)14-24-11-7-19(8-12-24)25-20(6-10-22-25)23-21(26)18-9-13-27-15-18/h2-6,10,18-19H,7-9,11-15H2,1H3,(H,23,26)/t18-/m0/s1. The van der Waals surface area contributed by atoms with Crippen molar-refractivity contribution in [3.05, 3.63) is 47.7 Å². The summed E-state index contributed by atoms with van der Waals surface area (Å²) in [5.41, 5.74) is 2.67. The van der Waals surface area contributed by atoms with Gasteiger partial charge in [-0.1, -0.05) is 29.8 Å². The fraction of sp³-hybridized carbons (Fsp3) is 0.524. The third-order valence-electron chi connectivity index (χ3n) is 5.65. The quantitative estimate of drug-likeness (QED) is 0.881. The summed E-state index contributed by atoms with van der Waals surface area (Å²) in [6, 6.07) is 11.0. The van der Waals surface area contributed by atoms with E-state index in [-0.39, 0.29) is 11.8 Å². The number of anilines is 1. The van der Waals surface area contributed by atoms with Crippen molar-refractivity contribution in [1.82, 2.24) is 14.7 Å². The van der Waals surface area contributed by atoms with Crippen LogP contribution >= 0.6 is 0 Å². The number of rotatable bonds is 5. The molecule has 0 aliphatic carbocycles. The van der Waals surface area contributed by atoms with Crippen LogP contribution in [0.25, 0.3) is 0 Å². The van der Waals surface area contributed by atoms with E-state index in [0.717, 1.165) is 44.7 Å². The van der Waals surface area contributed by atoms with Gasteiger partial charge in [-0.15, -0.1) is 0 Å². The maximum Gasteiger partial charge on any atom is 0.231 e. The second-order valence-corrected chi connectivity index (χ2v) is 7.70. The molecule has 6 nitrogen and oxygen atoms in total. The maximum absolute atomic E-state index is 12.4. The number of hydrogen-bond acceptors (Lipinski definition) is 4. The molecule has 0 unspecified atom stereocenters. The molecular weight excluding hydrogens is 340 g/mol. The van der Waals surface area contributed by atoms with Gasteiger partial charge in [-0.25, -0.2) is 4.68 Å². The van der Waals surface area contributed by atoms with E-state index in [9.17, 15) is 4.79 Å². The van der Waals surface area contributed by atoms with Crippen LogP contribution in [0.15, 0.2) is 36.5 Å². The number of hydrogen-bond donors (Lipinski definition) is 1. The third-order valence-corrected chi connectivity index (χ3v) is 5.65. The Labute approximate surface area is 160 Å². The zero-order chi connectivity index (χ0) is 18.6. The molecule has 0 bridgehead atoms. The fourth-order valence-corrected chi connectivity index (χ4v) is 3.95. The minimum atomic E-state index is -0.0373. The average molecular weight is 368 g/mol. The summed E-state index contributed by atoms with van der Waals surface area (Å²) in [6.45, 7) is 6.41. The summed E-state index contributed by atoms with van der Waals surface area (Å²) in [5, 5.41) is 7.54. The SMILES string of the molecule is Cc1ccc(CN2CCC(n3nccc3NC(=O)[C@H]3CCOC3)CC2)cc1. The van der Waals surface area contributed by atoms with Gasteiger partial charge in [-0.05, 0) is 31.7 Å². The lowest BCUT2D eigenvalue weighted by molar-refractivity contribution is -0.119. The number of carbonyl (C=O) groups is 1. The van der Waals surface area contributed by atoms with Gasteiger partial charge in [0.25, 0.3) is 0 Å². The highest BCUT2D eigenvalue weighted by molar-refractivity contribution is 5.92. The van der Waals surface area contributed by atoms with Crippen molar-refractivity contribution >= 4 is 11.7 Å². The summed E-state index contributed by atoms with van der Waals surface area (Å²) in [7, 11) is 0. The van der Waals surface area contributed by atoms with Gasteiger partial charge in [0.2, 0.25) is 5.91 Å². The number of benzene rings is 1. The Morgan fingerprint density at radius 2 is 1.96 bits per heavy atom. The molecule has 3 heterocycles. The lowest BCUT2D eigenvalue weighted by Crippen LogP contribution is -2.35. The summed E-state index contributed by atoms with van der Waals surface area (Å²) >= 11 is 0. The number of aromatic nitrogens is 2. The van der Waals surface area contributed by atoms with Crippen molar-refractivity contribution in [2.75, 3.05) is 31.6 Å². The molecule has 1 aromatic carbocycles. The van der Waals surface area contributed by atoms with Gasteiger partial charge in [0, 0.05) is 32.3 Å². The highest BCUT2D eigenvalue weighted by atomic mass is 16.5. The summed E-state index contributed by atoms with van der Waals surface area (Å²) in [5.74, 6) is 0.819. The van der Waals surface area contributed by atoms with Crippen molar-refractivity contribution in [3.63, 3.8) is 0 Å². The summed E-state index contributed by atoms with van der Waals surface area (Å²) in [4.78, 5) is 14.9. The first-order valence-electron chi connectivity index (χ1n) is 9.89. The number of amides is 1. The number of aryl methyl sites for hydroxylation is 1. The Balaban J connectivity index is 1.32. The van der Waals surface area contributed by atoms with E-state index in [2.05, 4.69) is 46.5 Å². The highest BCUT2D eigenvalue weighted by Gasteiger charge is 2.26. The first-order valence-corrected chi connectivity index (χ1v) is 9.89. The Morgan fingerprint density at radius 1 is 1.19 bits per heavy atom. The number of carbonyl (C=O) groups excluding carboxylic acids is 1. The van der Waals surface area contributed by atoms with Gasteiger partial charge in [-0.3, -0.25) is 9.69 Å². The lowest BCUT2D eigenvalue weighted by Gasteiger charge is -2.32. The zero-order valence-electron chi connectivity index (χ0n) is 15.9. The minimum absolute atomic E-state index is 0.0373. The number of likely N-dealkylation sites (tertiary alicyclic amines) is 1. The topological polar surface area (TPSA) is 59.4 Å². The van der Waals surface area contributed by atoms with Crippen molar-refractivity contribution in [3.8, 4) is 0 Å². The van der Waals surface area contributed by atoms with Crippen LogP contribution in [0.2, 0.25) is 0 Å². The fourth-order valence-electron chi connectivity index (χ4n) is 3.95. The van der Waals surface area contributed by atoms with Gasteiger partial charge in [0.15, 0.2) is 0 Å². The van der Waals surface area contributed by atoms with Gasteiger partial charge in [0.1, 0.15) is 5.82 Å². The van der Waals surface area contributed by atoms with Crippen LogP contribution in [-0.4, -0.2) is 46.9 Å². The number of nitrogens with one attached hydrogen (secondary N) is 1. The molecule has 1 aromatic heterocycles. The smallest absolute Gasteiger partial charge is 0.231 e. The molecule has 2 aromatic rings. The van der Waals surface area contributed by atoms with Crippen molar-refractivity contribution in [2.24, 2.45) is 5.92 Å². The van der Waals surface area contributed by atoms with Crippen molar-refractivity contribution < 1.29 is 9.53 Å². The van der Waals surface area contributed by atoms with E-state index >= 15 is 0 Å². The summed E-state index contributed by atoms with van der Waals surface area (Å²) in [6.07, 6.45) is 4.67. The third kappa shape index (κ3) is 4.39. The molecule has 2 aliphatic rings. The van der Waals surface area contributed by atoms with Crippen LogP contribution in [0.5, 0.6) is 0 Å². The van der Waals surface area contributed by atoms with Crippen LogP contribution in [0.1, 0.15) is 36.4 Å². The first kappa shape index (κ1) is 18.2. The molecule has 6 heteroatoms. The van der Waals surface area contributed by atoms with E-state index in [0.29, 0.717) is 19.3 Å². The maximum atomic E-state index is 12.4. The lowest BCUT2D eigenvalue weighted by atomic mass is 10.0. The molecule has 2 fully saturated rings. The predicted molar refractivity (Wildman–Crippen MR) is 105 cm³/mol. The Hall–Kier alpha value is -2.18. The van der Waals surface area contributed by atoms with Crippen LogP contribution in [0, 0.1) is 12.8 Å². The molecule has 1 N–H and O–H groups in total. The van der Waals surface area contributed by atoms with Crippen LogP contribution in [-0.2, 0) is 16.1 Å². The van der Waals surface area contributed by atoms with Gasteiger partial charge < -0.3 is 10.1 Å². The van der Waals surface area contributed by atoms with E-state index in [4.69, 9.17) is 4.74 Å². The highest BCUT2D eigenvalue weighted by Crippen LogP contribution is 2.27. The Kier molecular flexibility index (Phi) is 5.55. The second-order valence-electron chi connectivity index (χ2n) is 7.70. The Bertz CT molecular complexity index is 757. The van der Waals surface area contributed by atoms with Gasteiger partial charge in [-0.2, -0.15) is 5.10 Å². The van der Waals surface area contributed by atoms with Crippen LogP contribution in [0.4, 0.5) is 5.82 Å². The molecule has 1 atom stereocenters. The van der Waals surface area contributed by atoms with E-state index in [1.165, 1.54) is 11.1 Å². The molecular formula is C21H28N4O2. The molecule has 144 valence electrons. The molecule has 2 saturated heterocycles.